The van der Waals surface area contributed by atoms with E-state index >= 15 is 0 Å². The van der Waals surface area contributed by atoms with E-state index in [1.807, 2.05) is 20.9 Å². The van der Waals surface area contributed by atoms with Gasteiger partial charge in [0.05, 0.1) is 23.1 Å². The number of rotatable bonds is 2. The third-order valence-corrected chi connectivity index (χ3v) is 3.74. The molecule has 2 heterocycles. The number of aryl methyl sites for hydroxylation is 2. The molecular formula is C13H22N4O. The second-order valence-corrected chi connectivity index (χ2v) is 5.29. The highest BCUT2D eigenvalue weighted by atomic mass is 16.2. The number of anilines is 1. The van der Waals surface area contributed by atoms with E-state index in [0.29, 0.717) is 5.92 Å². The van der Waals surface area contributed by atoms with Gasteiger partial charge in [0.15, 0.2) is 0 Å². The summed E-state index contributed by atoms with van der Waals surface area (Å²) in [4.78, 5) is 12.2. The van der Waals surface area contributed by atoms with Gasteiger partial charge in [0.1, 0.15) is 0 Å². The maximum Gasteiger partial charge on any atom is 0.241 e. The molecule has 18 heavy (non-hydrogen) atoms. The van der Waals surface area contributed by atoms with Crippen LogP contribution in [-0.2, 0) is 11.8 Å². The summed E-state index contributed by atoms with van der Waals surface area (Å²) in [6, 6.07) is -0.0762. The van der Waals surface area contributed by atoms with Crippen molar-refractivity contribution in [1.29, 1.82) is 0 Å². The average Bonchev–Trinajstić information content (AvgIpc) is 2.56. The van der Waals surface area contributed by atoms with E-state index < -0.39 is 0 Å². The zero-order valence-electron chi connectivity index (χ0n) is 11.6. The van der Waals surface area contributed by atoms with Gasteiger partial charge in [-0.1, -0.05) is 6.92 Å². The molecule has 0 aliphatic carbocycles. The quantitative estimate of drug-likeness (QED) is 0.833. The molecule has 2 unspecified atom stereocenters. The highest BCUT2D eigenvalue weighted by Crippen LogP contribution is 2.20. The number of aromatic nitrogens is 2. The van der Waals surface area contributed by atoms with Crippen molar-refractivity contribution in [3.8, 4) is 0 Å². The lowest BCUT2D eigenvalue weighted by molar-refractivity contribution is -0.119. The van der Waals surface area contributed by atoms with E-state index in [-0.39, 0.29) is 11.9 Å². The second-order valence-electron chi connectivity index (χ2n) is 5.29. The Bertz CT molecular complexity index is 452. The first-order valence-electron chi connectivity index (χ1n) is 6.53. The number of piperidine rings is 1. The topological polar surface area (TPSA) is 59.0 Å². The van der Waals surface area contributed by atoms with Crippen LogP contribution >= 0.6 is 0 Å². The largest absolute Gasteiger partial charge is 0.322 e. The molecule has 1 aromatic rings. The molecule has 0 spiro atoms. The Hall–Kier alpha value is -1.36. The lowest BCUT2D eigenvalue weighted by atomic mass is 9.94. The fourth-order valence-corrected chi connectivity index (χ4v) is 2.47. The zero-order valence-corrected chi connectivity index (χ0v) is 11.6. The summed E-state index contributed by atoms with van der Waals surface area (Å²) in [5.74, 6) is 0.666. The summed E-state index contributed by atoms with van der Waals surface area (Å²) in [7, 11) is 1.89. The van der Waals surface area contributed by atoms with Crippen molar-refractivity contribution >= 4 is 11.6 Å². The molecule has 0 radical (unpaired) electrons. The summed E-state index contributed by atoms with van der Waals surface area (Å²) < 4.78 is 1.79. The fraction of sp³-hybridized carbons (Fsp3) is 0.692. The Morgan fingerprint density at radius 2 is 2.22 bits per heavy atom. The first kappa shape index (κ1) is 13.1. The molecule has 1 aliphatic heterocycles. The summed E-state index contributed by atoms with van der Waals surface area (Å²) in [6.45, 7) is 7.00. The molecule has 5 nitrogen and oxygen atoms in total. The minimum atomic E-state index is -0.0762. The molecule has 5 heteroatoms. The number of hydrogen-bond donors (Lipinski definition) is 2. The van der Waals surface area contributed by atoms with Crippen molar-refractivity contribution < 1.29 is 4.79 Å². The molecule has 0 saturated carbocycles. The number of amides is 1. The van der Waals surface area contributed by atoms with Crippen molar-refractivity contribution in [2.24, 2.45) is 13.0 Å². The maximum atomic E-state index is 12.2. The molecule has 0 aromatic carbocycles. The van der Waals surface area contributed by atoms with Crippen molar-refractivity contribution in [2.45, 2.75) is 39.7 Å². The van der Waals surface area contributed by atoms with Gasteiger partial charge in [-0.15, -0.1) is 0 Å². The van der Waals surface area contributed by atoms with E-state index in [9.17, 15) is 4.79 Å². The highest BCUT2D eigenvalue weighted by molar-refractivity contribution is 5.95. The first-order chi connectivity index (χ1) is 8.49. The number of hydrogen-bond acceptors (Lipinski definition) is 3. The summed E-state index contributed by atoms with van der Waals surface area (Å²) in [6.07, 6.45) is 2.05. The molecule has 1 aromatic heterocycles. The Labute approximate surface area is 108 Å². The van der Waals surface area contributed by atoms with Crippen molar-refractivity contribution in [2.75, 3.05) is 11.9 Å². The molecule has 1 aliphatic rings. The number of nitrogens with zero attached hydrogens (tertiary/aromatic N) is 2. The molecule has 0 bridgehead atoms. The average molecular weight is 250 g/mol. The van der Waals surface area contributed by atoms with Gasteiger partial charge in [0.2, 0.25) is 5.91 Å². The van der Waals surface area contributed by atoms with E-state index in [1.165, 1.54) is 0 Å². The molecule has 1 fully saturated rings. The maximum absolute atomic E-state index is 12.2. The molecule has 1 saturated heterocycles. The molecular weight excluding hydrogens is 228 g/mol. The molecule has 100 valence electrons. The van der Waals surface area contributed by atoms with Crippen LogP contribution in [0.15, 0.2) is 0 Å². The second kappa shape index (κ2) is 5.10. The Morgan fingerprint density at radius 3 is 2.78 bits per heavy atom. The van der Waals surface area contributed by atoms with Gasteiger partial charge >= 0.3 is 0 Å². The summed E-state index contributed by atoms with van der Waals surface area (Å²) in [5, 5.41) is 10.6. The van der Waals surface area contributed by atoms with E-state index in [0.717, 1.165) is 36.5 Å². The van der Waals surface area contributed by atoms with Crippen LogP contribution in [0.4, 0.5) is 5.69 Å². The Kier molecular flexibility index (Phi) is 3.71. The lowest BCUT2D eigenvalue weighted by Crippen LogP contribution is -2.45. The SMILES string of the molecule is Cc1nn(C)c(C)c1NC(=O)C1CC(C)CCN1. The van der Waals surface area contributed by atoms with Gasteiger partial charge in [-0.25, -0.2) is 0 Å². The number of carbonyl (C=O) groups is 1. The van der Waals surface area contributed by atoms with Crippen LogP contribution in [0.1, 0.15) is 31.2 Å². The third kappa shape index (κ3) is 2.56. The van der Waals surface area contributed by atoms with Gasteiger partial charge in [-0.05, 0) is 39.2 Å². The van der Waals surface area contributed by atoms with Crippen LogP contribution in [0.2, 0.25) is 0 Å². The molecule has 2 rings (SSSR count). The standard InChI is InChI=1S/C13H22N4O/c1-8-5-6-14-11(7-8)13(18)15-12-9(2)16-17(4)10(12)3/h8,11,14H,5-7H2,1-4H3,(H,15,18). The van der Waals surface area contributed by atoms with Crippen LogP contribution in [0.25, 0.3) is 0 Å². The van der Waals surface area contributed by atoms with Crippen LogP contribution in [0.3, 0.4) is 0 Å². The van der Waals surface area contributed by atoms with Gasteiger partial charge in [0, 0.05) is 7.05 Å². The molecule has 2 N–H and O–H groups in total. The Morgan fingerprint density at radius 1 is 1.50 bits per heavy atom. The minimum Gasteiger partial charge on any atom is -0.322 e. The smallest absolute Gasteiger partial charge is 0.241 e. The Balaban J connectivity index is 2.06. The highest BCUT2D eigenvalue weighted by Gasteiger charge is 2.25. The first-order valence-corrected chi connectivity index (χ1v) is 6.53. The van der Waals surface area contributed by atoms with Crippen LogP contribution in [0, 0.1) is 19.8 Å². The zero-order chi connectivity index (χ0) is 13.3. The van der Waals surface area contributed by atoms with E-state index in [1.54, 1.807) is 4.68 Å². The normalized spacial score (nSPS) is 24.0. The third-order valence-electron chi connectivity index (χ3n) is 3.74. The van der Waals surface area contributed by atoms with Crippen molar-refractivity contribution in [3.05, 3.63) is 11.4 Å². The minimum absolute atomic E-state index is 0.0563. The molecule has 1 amide bonds. The molecule has 2 atom stereocenters. The van der Waals surface area contributed by atoms with Crippen molar-refractivity contribution in [1.82, 2.24) is 15.1 Å². The number of carbonyl (C=O) groups excluding carboxylic acids is 1. The van der Waals surface area contributed by atoms with E-state index in [4.69, 9.17) is 0 Å². The van der Waals surface area contributed by atoms with Crippen molar-refractivity contribution in [3.63, 3.8) is 0 Å². The van der Waals surface area contributed by atoms with Gasteiger partial charge < -0.3 is 10.6 Å². The van der Waals surface area contributed by atoms with Crippen LogP contribution < -0.4 is 10.6 Å². The predicted molar refractivity (Wildman–Crippen MR) is 71.5 cm³/mol. The predicted octanol–water partition coefficient (Wildman–Crippen LogP) is 1.36. The summed E-state index contributed by atoms with van der Waals surface area (Å²) >= 11 is 0. The van der Waals surface area contributed by atoms with Crippen LogP contribution in [0.5, 0.6) is 0 Å². The van der Waals surface area contributed by atoms with Gasteiger partial charge in [-0.3, -0.25) is 9.48 Å². The van der Waals surface area contributed by atoms with E-state index in [2.05, 4.69) is 22.7 Å². The fourth-order valence-electron chi connectivity index (χ4n) is 2.47. The lowest BCUT2D eigenvalue weighted by Gasteiger charge is -2.27. The van der Waals surface area contributed by atoms with Gasteiger partial charge in [0.25, 0.3) is 0 Å². The van der Waals surface area contributed by atoms with Crippen LogP contribution in [-0.4, -0.2) is 28.3 Å². The van der Waals surface area contributed by atoms with Gasteiger partial charge in [-0.2, -0.15) is 5.10 Å². The summed E-state index contributed by atoms with van der Waals surface area (Å²) in [5.41, 5.74) is 2.71. The number of nitrogens with one attached hydrogen (secondary N) is 2. The monoisotopic (exact) mass is 250 g/mol.